The first-order valence-corrected chi connectivity index (χ1v) is 13.4. The highest BCUT2D eigenvalue weighted by molar-refractivity contribution is 5.94. The molecule has 0 fully saturated rings. The molecule has 2 atom stereocenters. The average Bonchev–Trinajstić information content (AvgIpc) is 2.78. The van der Waals surface area contributed by atoms with E-state index in [0.29, 0.717) is 12.0 Å². The number of primary amides is 1. The van der Waals surface area contributed by atoms with Gasteiger partial charge in [-0.05, 0) is 58.7 Å². The Morgan fingerprint density at radius 3 is 2.08 bits per heavy atom. The van der Waals surface area contributed by atoms with Crippen LogP contribution >= 0.6 is 0 Å². The summed E-state index contributed by atoms with van der Waals surface area (Å²) in [6.07, 6.45) is 4.42. The molecule has 0 saturated heterocycles. The van der Waals surface area contributed by atoms with Crippen molar-refractivity contribution in [3.8, 4) is 5.75 Å². The molecule has 0 heterocycles. The molecule has 38 heavy (non-hydrogen) atoms. The van der Waals surface area contributed by atoms with Crippen molar-refractivity contribution in [2.24, 2.45) is 5.73 Å². The summed E-state index contributed by atoms with van der Waals surface area (Å²) in [5.41, 5.74) is 5.08. The van der Waals surface area contributed by atoms with Crippen LogP contribution in [0.15, 0.2) is 24.3 Å². The number of phenolic OH excluding ortho intramolecular Hbond substituents is 1. The highest BCUT2D eigenvalue weighted by Crippen LogP contribution is 2.26. The fraction of sp³-hybridized carbons (Fsp3) is 0.643. The van der Waals surface area contributed by atoms with Crippen LogP contribution in [0.25, 0.3) is 0 Å². The van der Waals surface area contributed by atoms with Gasteiger partial charge in [-0.1, -0.05) is 51.2 Å². The number of nitrogens with zero attached hydrogens (tertiary/aromatic N) is 1. The van der Waals surface area contributed by atoms with E-state index in [0.717, 1.165) is 32.1 Å². The van der Waals surface area contributed by atoms with Crippen molar-refractivity contribution < 1.29 is 29.0 Å². The molecule has 4 amide bonds. The van der Waals surface area contributed by atoms with Gasteiger partial charge < -0.3 is 31.1 Å². The Morgan fingerprint density at radius 1 is 0.974 bits per heavy atom. The number of amides is 4. The molecular formula is C28H46N4O6. The molecule has 214 valence electrons. The third-order valence-corrected chi connectivity index (χ3v) is 5.63. The maximum Gasteiger partial charge on any atom is 0.408 e. The zero-order chi connectivity index (χ0) is 28.9. The second kappa shape index (κ2) is 15.8. The van der Waals surface area contributed by atoms with E-state index in [2.05, 4.69) is 17.6 Å². The van der Waals surface area contributed by atoms with Gasteiger partial charge in [0.05, 0.1) is 6.42 Å². The lowest BCUT2D eigenvalue weighted by Crippen LogP contribution is -2.54. The number of hydrogen-bond donors (Lipinski definition) is 4. The second-order valence-electron chi connectivity index (χ2n) is 10.8. The van der Waals surface area contributed by atoms with Crippen molar-refractivity contribution in [3.05, 3.63) is 29.8 Å². The lowest BCUT2D eigenvalue weighted by atomic mass is 10.0. The Labute approximate surface area is 226 Å². The molecule has 0 radical (unpaired) electrons. The molecular weight excluding hydrogens is 488 g/mol. The third-order valence-electron chi connectivity index (χ3n) is 5.63. The SMILES string of the molecule is CCCCCCCCN(C(=O)C(CC(N)=O)NC(=O)OC(C)(C)C)C(C(=O)NC(C)C)c1ccc(O)cc1. The molecule has 2 unspecified atom stereocenters. The van der Waals surface area contributed by atoms with E-state index in [1.54, 1.807) is 32.9 Å². The highest BCUT2D eigenvalue weighted by atomic mass is 16.6. The number of nitrogens with two attached hydrogens (primary N) is 1. The number of benzene rings is 1. The summed E-state index contributed by atoms with van der Waals surface area (Å²) >= 11 is 0. The molecule has 0 aliphatic carbocycles. The van der Waals surface area contributed by atoms with Crippen molar-refractivity contribution in [2.75, 3.05) is 6.54 Å². The van der Waals surface area contributed by atoms with E-state index < -0.39 is 47.9 Å². The van der Waals surface area contributed by atoms with Gasteiger partial charge in [0.15, 0.2) is 0 Å². The second-order valence-corrected chi connectivity index (χ2v) is 10.8. The molecule has 1 rings (SSSR count). The molecule has 5 N–H and O–H groups in total. The molecule has 0 bridgehead atoms. The first-order valence-electron chi connectivity index (χ1n) is 13.4. The van der Waals surface area contributed by atoms with Crippen LogP contribution in [0.2, 0.25) is 0 Å². The largest absolute Gasteiger partial charge is 0.508 e. The number of hydrogen-bond acceptors (Lipinski definition) is 6. The fourth-order valence-corrected chi connectivity index (χ4v) is 3.97. The van der Waals surface area contributed by atoms with Gasteiger partial charge in [-0.25, -0.2) is 4.79 Å². The monoisotopic (exact) mass is 534 g/mol. The minimum atomic E-state index is -1.33. The Kier molecular flexibility index (Phi) is 13.6. The summed E-state index contributed by atoms with van der Waals surface area (Å²) in [5.74, 6) is -1.81. The van der Waals surface area contributed by atoms with Gasteiger partial charge >= 0.3 is 6.09 Å². The number of phenols is 1. The zero-order valence-corrected chi connectivity index (χ0v) is 23.7. The van der Waals surface area contributed by atoms with Crippen molar-refractivity contribution in [3.63, 3.8) is 0 Å². The minimum Gasteiger partial charge on any atom is -0.508 e. The van der Waals surface area contributed by atoms with Gasteiger partial charge in [0.1, 0.15) is 23.4 Å². The summed E-state index contributed by atoms with van der Waals surface area (Å²) in [5, 5.41) is 15.1. The van der Waals surface area contributed by atoms with Gasteiger partial charge in [-0.3, -0.25) is 14.4 Å². The first kappa shape index (κ1) is 32.7. The number of aromatic hydroxyl groups is 1. The maximum atomic E-state index is 13.9. The van der Waals surface area contributed by atoms with Crippen LogP contribution in [0, 0.1) is 0 Å². The Morgan fingerprint density at radius 2 is 1.55 bits per heavy atom. The predicted molar refractivity (Wildman–Crippen MR) is 146 cm³/mol. The van der Waals surface area contributed by atoms with Crippen LogP contribution in [-0.4, -0.2) is 58.1 Å². The molecule has 0 aromatic heterocycles. The number of alkyl carbamates (subject to hydrolysis) is 1. The van der Waals surface area contributed by atoms with E-state index in [-0.39, 0.29) is 18.3 Å². The standard InChI is InChI=1S/C28H46N4O6/c1-7-8-9-10-11-12-17-32(24(25(35)30-19(2)3)20-13-15-21(33)16-14-20)26(36)22(18-23(29)34)31-27(37)38-28(4,5)6/h13-16,19,22,24,33H,7-12,17-18H2,1-6H3,(H2,29,34)(H,30,35)(H,31,37). The Hall–Kier alpha value is -3.30. The van der Waals surface area contributed by atoms with Crippen LogP contribution in [0.1, 0.15) is 98.1 Å². The Balaban J connectivity index is 3.41. The van der Waals surface area contributed by atoms with Crippen molar-refractivity contribution in [1.82, 2.24) is 15.5 Å². The number of nitrogens with one attached hydrogen (secondary N) is 2. The van der Waals surface area contributed by atoms with Crippen LogP contribution in [0.4, 0.5) is 4.79 Å². The fourth-order valence-electron chi connectivity index (χ4n) is 3.97. The molecule has 10 heteroatoms. The van der Waals surface area contributed by atoms with E-state index >= 15 is 0 Å². The molecule has 1 aromatic carbocycles. The lowest BCUT2D eigenvalue weighted by molar-refractivity contribution is -0.143. The quantitative estimate of drug-likeness (QED) is 0.250. The molecule has 0 aliphatic rings. The number of ether oxygens (including phenoxy) is 1. The minimum absolute atomic E-state index is 0.0174. The highest BCUT2D eigenvalue weighted by Gasteiger charge is 2.37. The number of unbranched alkanes of at least 4 members (excludes halogenated alkanes) is 5. The summed E-state index contributed by atoms with van der Waals surface area (Å²) in [6.45, 7) is 11.0. The Bertz CT molecular complexity index is 911. The molecule has 0 aliphatic heterocycles. The van der Waals surface area contributed by atoms with Crippen LogP contribution in [-0.2, 0) is 19.1 Å². The van der Waals surface area contributed by atoms with Crippen LogP contribution < -0.4 is 16.4 Å². The summed E-state index contributed by atoms with van der Waals surface area (Å²) < 4.78 is 5.29. The van der Waals surface area contributed by atoms with Crippen molar-refractivity contribution >= 4 is 23.8 Å². The van der Waals surface area contributed by atoms with Crippen LogP contribution in [0.5, 0.6) is 5.75 Å². The first-order chi connectivity index (χ1) is 17.7. The maximum absolute atomic E-state index is 13.9. The van der Waals surface area contributed by atoms with Crippen molar-refractivity contribution in [1.29, 1.82) is 0 Å². The topological polar surface area (TPSA) is 151 Å². The molecule has 1 aromatic rings. The lowest BCUT2D eigenvalue weighted by Gasteiger charge is -2.34. The van der Waals surface area contributed by atoms with E-state index in [9.17, 15) is 24.3 Å². The van der Waals surface area contributed by atoms with Gasteiger partial charge in [-0.2, -0.15) is 0 Å². The number of carbonyl (C=O) groups is 4. The molecule has 0 spiro atoms. The smallest absolute Gasteiger partial charge is 0.408 e. The van der Waals surface area contributed by atoms with E-state index in [1.165, 1.54) is 17.0 Å². The van der Waals surface area contributed by atoms with Gasteiger partial charge in [0.25, 0.3) is 0 Å². The van der Waals surface area contributed by atoms with Crippen molar-refractivity contribution in [2.45, 2.75) is 110 Å². The van der Waals surface area contributed by atoms with Gasteiger partial charge in [0.2, 0.25) is 17.7 Å². The van der Waals surface area contributed by atoms with Gasteiger partial charge in [0, 0.05) is 12.6 Å². The average molecular weight is 535 g/mol. The van der Waals surface area contributed by atoms with Gasteiger partial charge in [-0.15, -0.1) is 0 Å². The predicted octanol–water partition coefficient (Wildman–Crippen LogP) is 3.92. The van der Waals surface area contributed by atoms with E-state index in [4.69, 9.17) is 10.5 Å². The zero-order valence-electron chi connectivity index (χ0n) is 23.7. The summed E-state index contributed by atoms with van der Waals surface area (Å²) in [6, 6.07) is 3.45. The van der Waals surface area contributed by atoms with Crippen LogP contribution in [0.3, 0.4) is 0 Å². The summed E-state index contributed by atoms with van der Waals surface area (Å²) in [7, 11) is 0. The number of rotatable bonds is 15. The third kappa shape index (κ3) is 12.3. The normalized spacial score (nSPS) is 12.9. The van der Waals surface area contributed by atoms with E-state index in [1.807, 2.05) is 13.8 Å². The summed E-state index contributed by atoms with van der Waals surface area (Å²) in [4.78, 5) is 53.2. The molecule has 0 saturated carbocycles. The molecule has 10 nitrogen and oxygen atoms in total. The number of carbonyl (C=O) groups excluding carboxylic acids is 4.